The summed E-state index contributed by atoms with van der Waals surface area (Å²) >= 11 is 3.58. The number of carbonyl (C=O) groups is 2. The van der Waals surface area contributed by atoms with Crippen LogP contribution in [-0.2, 0) is 11.3 Å². The lowest BCUT2D eigenvalue weighted by atomic mass is 10.1. The van der Waals surface area contributed by atoms with Crippen LogP contribution in [0, 0.1) is 0 Å². The van der Waals surface area contributed by atoms with Crippen molar-refractivity contribution in [2.24, 2.45) is 0 Å². The van der Waals surface area contributed by atoms with Gasteiger partial charge in [-0.05, 0) is 50.5 Å². The maximum Gasteiger partial charge on any atom is 0.264 e. The summed E-state index contributed by atoms with van der Waals surface area (Å²) in [5.74, 6) is 0.0787. The molecule has 6 heteroatoms. The van der Waals surface area contributed by atoms with Crippen molar-refractivity contribution in [1.29, 1.82) is 0 Å². The van der Waals surface area contributed by atoms with E-state index in [9.17, 15) is 9.59 Å². The smallest absolute Gasteiger partial charge is 0.264 e. The Morgan fingerprint density at radius 2 is 1.58 bits per heavy atom. The van der Waals surface area contributed by atoms with Crippen LogP contribution in [0.15, 0.2) is 95.5 Å². The lowest BCUT2D eigenvalue weighted by Gasteiger charge is -2.21. The van der Waals surface area contributed by atoms with E-state index >= 15 is 0 Å². The number of nitrogens with zero attached hydrogens (tertiary/aromatic N) is 1. The maximum absolute atomic E-state index is 12.9. The number of anilines is 1. The van der Waals surface area contributed by atoms with Crippen LogP contribution in [-0.4, -0.2) is 25.5 Å². The molecule has 0 saturated carbocycles. The van der Waals surface area contributed by atoms with Gasteiger partial charge in [0.15, 0.2) is 6.61 Å². The first-order chi connectivity index (χ1) is 16.0. The van der Waals surface area contributed by atoms with Gasteiger partial charge in [0.25, 0.3) is 11.8 Å². The molecule has 2 amide bonds. The second-order valence-electron chi connectivity index (χ2n) is 7.53. The Hall–Kier alpha value is -3.64. The van der Waals surface area contributed by atoms with Gasteiger partial charge < -0.3 is 15.0 Å². The molecule has 5 nitrogen and oxygen atoms in total. The summed E-state index contributed by atoms with van der Waals surface area (Å²) in [7, 11) is 1.64. The Bertz CT molecular complexity index is 1290. The topological polar surface area (TPSA) is 58.6 Å². The summed E-state index contributed by atoms with van der Waals surface area (Å²) in [6, 6.07) is 28.4. The summed E-state index contributed by atoms with van der Waals surface area (Å²) in [6.45, 7) is 0.248. The molecule has 0 radical (unpaired) electrons. The molecule has 0 heterocycles. The molecule has 166 valence electrons. The Kier molecular flexibility index (Phi) is 7.05. The molecule has 0 unspecified atom stereocenters. The van der Waals surface area contributed by atoms with Gasteiger partial charge in [-0.15, -0.1) is 0 Å². The number of hydrogen-bond acceptors (Lipinski definition) is 3. The number of fused-ring (bicyclic) bond motifs is 1. The average molecular weight is 503 g/mol. The molecule has 0 spiro atoms. The van der Waals surface area contributed by atoms with Crippen molar-refractivity contribution < 1.29 is 14.3 Å². The minimum atomic E-state index is -0.265. The Balaban J connectivity index is 1.44. The van der Waals surface area contributed by atoms with E-state index in [1.807, 2.05) is 66.7 Å². The predicted octanol–water partition coefficient (Wildman–Crippen LogP) is 5.57. The zero-order valence-electron chi connectivity index (χ0n) is 18.1. The fourth-order valence-corrected chi connectivity index (χ4v) is 4.13. The van der Waals surface area contributed by atoms with Crippen molar-refractivity contribution in [2.45, 2.75) is 6.54 Å². The van der Waals surface area contributed by atoms with Gasteiger partial charge in [0.1, 0.15) is 5.75 Å². The van der Waals surface area contributed by atoms with Crippen LogP contribution < -0.4 is 15.0 Å². The lowest BCUT2D eigenvalue weighted by molar-refractivity contribution is -0.120. The minimum Gasteiger partial charge on any atom is -0.483 e. The van der Waals surface area contributed by atoms with Gasteiger partial charge in [-0.3, -0.25) is 9.59 Å². The van der Waals surface area contributed by atoms with E-state index in [1.54, 1.807) is 31.3 Å². The number of likely N-dealkylation sites (N-methyl/N-ethyl adjacent to an activating group) is 1. The molecule has 1 N–H and O–H groups in total. The molecular weight excluding hydrogens is 480 g/mol. The molecule has 0 bridgehead atoms. The second-order valence-corrected chi connectivity index (χ2v) is 8.32. The van der Waals surface area contributed by atoms with Crippen LogP contribution >= 0.6 is 15.9 Å². The lowest BCUT2D eigenvalue weighted by Crippen LogP contribution is -2.33. The zero-order valence-corrected chi connectivity index (χ0v) is 19.7. The number of carbonyl (C=O) groups excluding carboxylic acids is 2. The highest BCUT2D eigenvalue weighted by atomic mass is 79.9. The van der Waals surface area contributed by atoms with Gasteiger partial charge in [0.2, 0.25) is 0 Å². The molecular formula is C27H23BrN2O3. The highest BCUT2D eigenvalue weighted by molar-refractivity contribution is 9.10. The highest BCUT2D eigenvalue weighted by Gasteiger charge is 2.19. The molecule has 0 aliphatic heterocycles. The van der Waals surface area contributed by atoms with E-state index in [-0.39, 0.29) is 18.4 Å². The molecule has 33 heavy (non-hydrogen) atoms. The number of halogens is 1. The monoisotopic (exact) mass is 502 g/mol. The first-order valence-corrected chi connectivity index (χ1v) is 11.3. The summed E-state index contributed by atoms with van der Waals surface area (Å²) in [4.78, 5) is 27.2. The van der Waals surface area contributed by atoms with Crippen molar-refractivity contribution in [3.63, 3.8) is 0 Å². The average Bonchev–Trinajstić information content (AvgIpc) is 2.87. The van der Waals surface area contributed by atoms with Crippen LogP contribution in [0.3, 0.4) is 0 Å². The zero-order chi connectivity index (χ0) is 23.2. The third-order valence-electron chi connectivity index (χ3n) is 5.36. The molecule has 0 atom stereocenters. The molecule has 0 aromatic heterocycles. The van der Waals surface area contributed by atoms with E-state index in [0.717, 1.165) is 20.8 Å². The summed E-state index contributed by atoms with van der Waals surface area (Å²) in [5, 5.41) is 5.01. The quantitative estimate of drug-likeness (QED) is 0.359. The van der Waals surface area contributed by atoms with Crippen molar-refractivity contribution in [3.8, 4) is 5.75 Å². The van der Waals surface area contributed by atoms with Gasteiger partial charge in [-0.2, -0.15) is 0 Å². The van der Waals surface area contributed by atoms with E-state index in [0.29, 0.717) is 23.5 Å². The molecule has 4 aromatic rings. The normalized spacial score (nSPS) is 10.6. The van der Waals surface area contributed by atoms with Crippen LogP contribution in [0.2, 0.25) is 0 Å². The molecule has 0 aliphatic rings. The van der Waals surface area contributed by atoms with Crippen LogP contribution in [0.25, 0.3) is 10.8 Å². The van der Waals surface area contributed by atoms with E-state index in [4.69, 9.17) is 4.74 Å². The maximum atomic E-state index is 12.9. The molecule has 4 rings (SSSR count). The Labute approximate surface area is 201 Å². The second kappa shape index (κ2) is 10.3. The first kappa shape index (κ1) is 22.6. The van der Waals surface area contributed by atoms with Crippen LogP contribution in [0.1, 0.15) is 15.9 Å². The number of nitrogens with one attached hydrogen (secondary N) is 1. The Morgan fingerprint density at radius 3 is 2.39 bits per heavy atom. The largest absolute Gasteiger partial charge is 0.483 e. The first-order valence-electron chi connectivity index (χ1n) is 10.5. The highest BCUT2D eigenvalue weighted by Crippen LogP contribution is 2.33. The van der Waals surface area contributed by atoms with Crippen molar-refractivity contribution in [2.75, 3.05) is 18.6 Å². The van der Waals surface area contributed by atoms with Crippen LogP contribution in [0.5, 0.6) is 5.75 Å². The number of amides is 2. The van der Waals surface area contributed by atoms with Gasteiger partial charge >= 0.3 is 0 Å². The van der Waals surface area contributed by atoms with Crippen LogP contribution in [0.4, 0.5) is 5.69 Å². The number of rotatable bonds is 7. The van der Waals surface area contributed by atoms with E-state index in [1.165, 1.54) is 4.90 Å². The molecule has 4 aromatic carbocycles. The third-order valence-corrected chi connectivity index (χ3v) is 6.18. The van der Waals surface area contributed by atoms with Crippen molar-refractivity contribution in [1.82, 2.24) is 5.32 Å². The third kappa shape index (κ3) is 5.23. The molecule has 0 aliphatic carbocycles. The summed E-state index contributed by atoms with van der Waals surface area (Å²) in [5.41, 5.74) is 1.95. The number of hydrogen-bond donors (Lipinski definition) is 1. The summed E-state index contributed by atoms with van der Waals surface area (Å²) in [6.07, 6.45) is 0. The standard InChI is InChI=1S/C27H23BrN2O3/c1-30(25(31)18-33-24-16-15-20-11-5-6-12-21(20)26(24)28)23-14-8-7-13-22(23)27(32)29-17-19-9-3-2-4-10-19/h2-16H,17-18H2,1H3,(H,29,32). The van der Waals surface area contributed by atoms with Gasteiger partial charge in [0, 0.05) is 13.6 Å². The van der Waals surface area contributed by atoms with Crippen molar-refractivity contribution in [3.05, 3.63) is 107 Å². The SMILES string of the molecule is CN(C(=O)COc1ccc2ccccc2c1Br)c1ccccc1C(=O)NCc1ccccc1. The van der Waals surface area contributed by atoms with Gasteiger partial charge in [-0.25, -0.2) is 0 Å². The number of ether oxygens (including phenoxy) is 1. The van der Waals surface area contributed by atoms with Crippen molar-refractivity contribution >= 4 is 44.2 Å². The fourth-order valence-electron chi connectivity index (χ4n) is 3.53. The summed E-state index contributed by atoms with van der Waals surface area (Å²) < 4.78 is 6.62. The fraction of sp³-hybridized carbons (Fsp3) is 0.111. The number of benzene rings is 4. The van der Waals surface area contributed by atoms with Gasteiger partial charge in [-0.1, -0.05) is 72.8 Å². The van der Waals surface area contributed by atoms with E-state index in [2.05, 4.69) is 21.2 Å². The molecule has 0 fully saturated rings. The Morgan fingerprint density at radius 1 is 0.879 bits per heavy atom. The molecule has 0 saturated heterocycles. The number of para-hydroxylation sites is 1. The van der Waals surface area contributed by atoms with E-state index < -0.39 is 0 Å². The van der Waals surface area contributed by atoms with Gasteiger partial charge in [0.05, 0.1) is 15.7 Å². The predicted molar refractivity (Wildman–Crippen MR) is 135 cm³/mol. The minimum absolute atomic E-state index is 0.159.